The average Bonchev–Trinajstić information content (AvgIpc) is 3.03. The highest BCUT2D eigenvalue weighted by molar-refractivity contribution is 6.30. The van der Waals surface area contributed by atoms with Gasteiger partial charge in [0, 0.05) is 17.9 Å². The maximum atomic E-state index is 10.7. The molecule has 0 aromatic heterocycles. The van der Waals surface area contributed by atoms with E-state index < -0.39 is 5.97 Å². The van der Waals surface area contributed by atoms with E-state index in [2.05, 4.69) is 25.2 Å². The van der Waals surface area contributed by atoms with E-state index >= 15 is 0 Å². The van der Waals surface area contributed by atoms with E-state index in [4.69, 9.17) is 21.4 Å². The summed E-state index contributed by atoms with van der Waals surface area (Å²) in [7, 11) is 0. The minimum atomic E-state index is -0.753. The second-order valence-corrected chi connectivity index (χ2v) is 7.35. The lowest BCUT2D eigenvalue weighted by atomic mass is 9.91. The van der Waals surface area contributed by atoms with Gasteiger partial charge in [0.2, 0.25) is 0 Å². The number of carbonyl (C=O) groups is 1. The van der Waals surface area contributed by atoms with Gasteiger partial charge in [-0.2, -0.15) is 0 Å². The van der Waals surface area contributed by atoms with E-state index in [1.165, 1.54) is 19.3 Å². The van der Waals surface area contributed by atoms with E-state index in [1.54, 1.807) is 0 Å². The summed E-state index contributed by atoms with van der Waals surface area (Å²) in [6, 6.07) is 7.42. The maximum Gasteiger partial charge on any atom is 0.303 e. The number of halogens is 1. The number of rotatable bonds is 10. The largest absolute Gasteiger partial charge is 0.481 e. The van der Waals surface area contributed by atoms with Gasteiger partial charge in [-0.25, -0.2) is 0 Å². The van der Waals surface area contributed by atoms with Crippen molar-refractivity contribution in [1.29, 1.82) is 0 Å². The first-order valence-electron chi connectivity index (χ1n) is 9.59. The predicted molar refractivity (Wildman–Crippen MR) is 107 cm³/mol. The van der Waals surface area contributed by atoms with Crippen molar-refractivity contribution in [3.8, 4) is 5.75 Å². The van der Waals surface area contributed by atoms with Crippen LogP contribution in [0.25, 0.3) is 0 Å². The lowest BCUT2D eigenvalue weighted by Crippen LogP contribution is -2.09. The number of allylic oxidation sites excluding steroid dienone is 4. The summed E-state index contributed by atoms with van der Waals surface area (Å²) in [5, 5.41) is 9.47. The van der Waals surface area contributed by atoms with Crippen LogP contribution in [0.4, 0.5) is 0 Å². The molecule has 0 saturated heterocycles. The molecule has 0 amide bonds. The molecule has 2 rings (SSSR count). The smallest absolute Gasteiger partial charge is 0.303 e. The summed E-state index contributed by atoms with van der Waals surface area (Å²) >= 11 is 6.07. The SMILES string of the molecule is CCC=C[C@H]1CCC[C@@H]1CC(=CCCCC(=O)O)Oc1cccc(Cl)c1. The molecule has 1 aromatic carbocycles. The molecule has 0 radical (unpaired) electrons. The van der Waals surface area contributed by atoms with Crippen molar-refractivity contribution in [2.24, 2.45) is 11.8 Å². The predicted octanol–water partition coefficient (Wildman–Crippen LogP) is 6.63. The summed E-state index contributed by atoms with van der Waals surface area (Å²) in [5.74, 6) is 2.11. The summed E-state index contributed by atoms with van der Waals surface area (Å²) in [6.07, 6.45) is 13.9. The second-order valence-electron chi connectivity index (χ2n) is 6.91. The van der Waals surface area contributed by atoms with Gasteiger partial charge in [0.1, 0.15) is 11.5 Å². The Hall–Kier alpha value is -1.74. The lowest BCUT2D eigenvalue weighted by molar-refractivity contribution is -0.137. The van der Waals surface area contributed by atoms with E-state index in [0.29, 0.717) is 29.7 Å². The maximum absolute atomic E-state index is 10.7. The normalized spacial score (nSPS) is 20.6. The third-order valence-corrected chi connectivity index (χ3v) is 5.05. The minimum absolute atomic E-state index is 0.187. The monoisotopic (exact) mass is 376 g/mol. The van der Waals surface area contributed by atoms with Gasteiger partial charge in [-0.15, -0.1) is 0 Å². The van der Waals surface area contributed by atoms with Gasteiger partial charge in [0.25, 0.3) is 0 Å². The van der Waals surface area contributed by atoms with E-state index in [0.717, 1.165) is 24.4 Å². The third-order valence-electron chi connectivity index (χ3n) is 4.81. The molecule has 0 bridgehead atoms. The summed E-state index contributed by atoms with van der Waals surface area (Å²) < 4.78 is 6.12. The number of carboxylic acids is 1. The number of hydrogen-bond donors (Lipinski definition) is 1. The van der Waals surface area contributed by atoms with E-state index in [9.17, 15) is 4.79 Å². The van der Waals surface area contributed by atoms with Crippen molar-refractivity contribution >= 4 is 17.6 Å². The molecule has 0 unspecified atom stereocenters. The molecule has 1 aromatic rings. The van der Waals surface area contributed by atoms with Crippen molar-refractivity contribution in [2.75, 3.05) is 0 Å². The Morgan fingerprint density at radius 1 is 1.38 bits per heavy atom. The molecule has 26 heavy (non-hydrogen) atoms. The van der Waals surface area contributed by atoms with Gasteiger partial charge in [0.15, 0.2) is 0 Å². The van der Waals surface area contributed by atoms with Crippen molar-refractivity contribution in [3.63, 3.8) is 0 Å². The van der Waals surface area contributed by atoms with Crippen LogP contribution >= 0.6 is 11.6 Å². The van der Waals surface area contributed by atoms with Crippen LogP contribution in [-0.2, 0) is 4.79 Å². The minimum Gasteiger partial charge on any atom is -0.481 e. The first kappa shape index (κ1) is 20.6. The fraction of sp³-hybridized carbons (Fsp3) is 0.500. The highest BCUT2D eigenvalue weighted by Crippen LogP contribution is 2.37. The second kappa shape index (κ2) is 11.1. The van der Waals surface area contributed by atoms with Gasteiger partial charge in [0.05, 0.1) is 0 Å². The van der Waals surface area contributed by atoms with Crippen LogP contribution in [0.15, 0.2) is 48.3 Å². The molecule has 142 valence electrons. The molecule has 1 fully saturated rings. The molecule has 0 spiro atoms. The van der Waals surface area contributed by atoms with Crippen LogP contribution in [0.2, 0.25) is 5.02 Å². The number of unbranched alkanes of at least 4 members (excludes halogenated alkanes) is 1. The zero-order chi connectivity index (χ0) is 18.8. The molecule has 3 nitrogen and oxygen atoms in total. The molecule has 0 aliphatic heterocycles. The molecular formula is C22H29ClO3. The first-order valence-corrected chi connectivity index (χ1v) is 9.97. The van der Waals surface area contributed by atoms with Gasteiger partial charge >= 0.3 is 5.97 Å². The Labute approximate surface area is 161 Å². The van der Waals surface area contributed by atoms with Crippen LogP contribution in [0.1, 0.15) is 58.3 Å². The Bertz CT molecular complexity index is 636. The Morgan fingerprint density at radius 3 is 2.96 bits per heavy atom. The summed E-state index contributed by atoms with van der Waals surface area (Å²) in [6.45, 7) is 2.16. The molecule has 1 aliphatic carbocycles. The highest BCUT2D eigenvalue weighted by atomic mass is 35.5. The number of carboxylic acid groups (broad SMARTS) is 1. The fourth-order valence-corrected chi connectivity index (χ4v) is 3.69. The van der Waals surface area contributed by atoms with Crippen LogP contribution in [-0.4, -0.2) is 11.1 Å². The van der Waals surface area contributed by atoms with Gasteiger partial charge in [-0.05, 0) is 68.2 Å². The molecule has 1 N–H and O–H groups in total. The van der Waals surface area contributed by atoms with Gasteiger partial charge < -0.3 is 9.84 Å². The first-order chi connectivity index (χ1) is 12.6. The molecule has 2 atom stereocenters. The van der Waals surface area contributed by atoms with Gasteiger partial charge in [-0.3, -0.25) is 4.79 Å². The van der Waals surface area contributed by atoms with Crippen molar-refractivity contribution < 1.29 is 14.6 Å². The van der Waals surface area contributed by atoms with Crippen LogP contribution in [0, 0.1) is 11.8 Å². The molecular weight excluding hydrogens is 348 g/mol. The van der Waals surface area contributed by atoms with Gasteiger partial charge in [-0.1, -0.05) is 43.2 Å². The zero-order valence-corrected chi connectivity index (χ0v) is 16.3. The topological polar surface area (TPSA) is 46.5 Å². The lowest BCUT2D eigenvalue weighted by Gasteiger charge is -2.19. The Morgan fingerprint density at radius 2 is 2.23 bits per heavy atom. The van der Waals surface area contributed by atoms with Crippen molar-refractivity contribution in [3.05, 3.63) is 53.3 Å². The Balaban J connectivity index is 2.05. The van der Waals surface area contributed by atoms with Crippen molar-refractivity contribution in [1.82, 2.24) is 0 Å². The molecule has 1 saturated carbocycles. The van der Waals surface area contributed by atoms with E-state index in [-0.39, 0.29) is 6.42 Å². The Kier molecular flexibility index (Phi) is 8.76. The van der Waals surface area contributed by atoms with Crippen LogP contribution in [0.3, 0.4) is 0 Å². The highest BCUT2D eigenvalue weighted by Gasteiger charge is 2.26. The number of ether oxygens (including phenoxy) is 1. The van der Waals surface area contributed by atoms with E-state index in [1.807, 2.05) is 24.3 Å². The number of aliphatic carboxylic acids is 1. The molecule has 0 heterocycles. The van der Waals surface area contributed by atoms with Crippen molar-refractivity contribution in [2.45, 2.75) is 58.3 Å². The van der Waals surface area contributed by atoms with Crippen LogP contribution in [0.5, 0.6) is 5.75 Å². The number of benzene rings is 1. The summed E-state index contributed by atoms with van der Waals surface area (Å²) in [5.41, 5.74) is 0. The van der Waals surface area contributed by atoms with Crippen LogP contribution < -0.4 is 4.74 Å². The third kappa shape index (κ3) is 7.25. The standard InChI is InChI=1S/C22H29ClO3/c1-2-3-8-17-9-6-10-18(17)15-20(12-4-5-14-22(24)25)26-21-13-7-11-19(23)16-21/h3,7-8,11-13,16-18H,2,4-6,9-10,14-15H2,1H3,(H,24,25)/t17-,18+/m0/s1. The zero-order valence-electron chi connectivity index (χ0n) is 15.5. The molecule has 4 heteroatoms. The summed E-state index contributed by atoms with van der Waals surface area (Å²) in [4.78, 5) is 10.7. The average molecular weight is 377 g/mol. The fourth-order valence-electron chi connectivity index (χ4n) is 3.51. The quantitative estimate of drug-likeness (QED) is 0.283. The number of hydrogen-bond acceptors (Lipinski definition) is 2. The molecule has 1 aliphatic rings.